The molecule has 0 saturated heterocycles. The summed E-state index contributed by atoms with van der Waals surface area (Å²) in [6.45, 7) is 8.67. The van der Waals surface area contributed by atoms with E-state index < -0.39 is 5.97 Å². The predicted octanol–water partition coefficient (Wildman–Crippen LogP) is 0.798. The lowest BCUT2D eigenvalue weighted by molar-refractivity contribution is -0.144. The van der Waals surface area contributed by atoms with Gasteiger partial charge in [0.1, 0.15) is 0 Å². The second-order valence-electron chi connectivity index (χ2n) is 2.78. The van der Waals surface area contributed by atoms with E-state index >= 15 is 0 Å². The second kappa shape index (κ2) is 6.88. The van der Waals surface area contributed by atoms with E-state index in [0.717, 1.165) is 0 Å². The van der Waals surface area contributed by atoms with Crippen molar-refractivity contribution in [2.75, 3.05) is 13.2 Å². The summed E-state index contributed by atoms with van der Waals surface area (Å²) in [7, 11) is 0. The first-order chi connectivity index (χ1) is 6.57. The maximum atomic E-state index is 11.0. The zero-order valence-corrected chi connectivity index (χ0v) is 8.34. The summed E-state index contributed by atoms with van der Waals surface area (Å²) in [5.74, 6) is -0.870. The van der Waals surface area contributed by atoms with Crippen molar-refractivity contribution >= 4 is 11.9 Å². The van der Waals surface area contributed by atoms with Gasteiger partial charge < -0.3 is 10.1 Å². The van der Waals surface area contributed by atoms with E-state index in [1.54, 1.807) is 6.08 Å². The number of esters is 1. The molecule has 1 amide bonds. The molecule has 0 heterocycles. The number of amides is 1. The normalized spacial score (nSPS) is 8.93. The first-order valence-corrected chi connectivity index (χ1v) is 4.28. The van der Waals surface area contributed by atoms with Gasteiger partial charge in [0.2, 0.25) is 0 Å². The molecule has 0 saturated carbocycles. The summed E-state index contributed by atoms with van der Waals surface area (Å²) in [5, 5.41) is 2.56. The maximum Gasteiger partial charge on any atom is 0.333 e. The van der Waals surface area contributed by atoms with Gasteiger partial charge in [-0.25, -0.2) is 4.79 Å². The van der Waals surface area contributed by atoms with E-state index in [4.69, 9.17) is 0 Å². The number of carbonyl (C=O) groups is 2. The van der Waals surface area contributed by atoms with E-state index in [2.05, 4.69) is 23.2 Å². The van der Waals surface area contributed by atoms with Gasteiger partial charge >= 0.3 is 5.97 Å². The maximum absolute atomic E-state index is 11.0. The Hall–Kier alpha value is -1.58. The third-order valence-electron chi connectivity index (χ3n) is 1.35. The SMILES string of the molecule is C=CCCNC(=O)COC(=O)C(=C)C. The summed E-state index contributed by atoms with van der Waals surface area (Å²) in [6.07, 6.45) is 2.39. The fraction of sp³-hybridized carbons (Fsp3) is 0.400. The monoisotopic (exact) mass is 197 g/mol. The predicted molar refractivity (Wildman–Crippen MR) is 53.6 cm³/mol. The van der Waals surface area contributed by atoms with E-state index in [1.807, 2.05) is 0 Å². The zero-order chi connectivity index (χ0) is 11.0. The van der Waals surface area contributed by atoms with Gasteiger partial charge in [-0.3, -0.25) is 4.79 Å². The molecule has 0 aromatic rings. The van der Waals surface area contributed by atoms with E-state index in [0.29, 0.717) is 13.0 Å². The topological polar surface area (TPSA) is 55.4 Å². The molecule has 0 aromatic heterocycles. The molecule has 0 unspecified atom stereocenters. The van der Waals surface area contributed by atoms with Gasteiger partial charge in [0.05, 0.1) is 0 Å². The van der Waals surface area contributed by atoms with Crippen molar-refractivity contribution in [2.45, 2.75) is 13.3 Å². The zero-order valence-electron chi connectivity index (χ0n) is 8.34. The highest BCUT2D eigenvalue weighted by Gasteiger charge is 2.06. The molecular weight excluding hydrogens is 182 g/mol. The lowest BCUT2D eigenvalue weighted by Crippen LogP contribution is -2.29. The highest BCUT2D eigenvalue weighted by molar-refractivity contribution is 5.89. The van der Waals surface area contributed by atoms with Crippen molar-refractivity contribution in [2.24, 2.45) is 0 Å². The number of nitrogens with one attached hydrogen (secondary N) is 1. The Labute approximate surface area is 83.6 Å². The molecule has 78 valence electrons. The molecule has 0 fully saturated rings. The molecule has 0 aliphatic carbocycles. The summed E-state index contributed by atoms with van der Waals surface area (Å²) >= 11 is 0. The van der Waals surface area contributed by atoms with Crippen LogP contribution in [0.1, 0.15) is 13.3 Å². The van der Waals surface area contributed by atoms with Crippen LogP contribution in [0.2, 0.25) is 0 Å². The molecular formula is C10H15NO3. The Balaban J connectivity index is 3.58. The standard InChI is InChI=1S/C10H15NO3/c1-4-5-6-11-9(12)7-14-10(13)8(2)3/h4H,1-2,5-7H2,3H3,(H,11,12). The average molecular weight is 197 g/mol. The van der Waals surface area contributed by atoms with Crippen LogP contribution in [0.5, 0.6) is 0 Å². The Morgan fingerprint density at radius 2 is 2.14 bits per heavy atom. The Morgan fingerprint density at radius 3 is 2.64 bits per heavy atom. The third-order valence-corrected chi connectivity index (χ3v) is 1.35. The van der Waals surface area contributed by atoms with Crippen LogP contribution in [0.3, 0.4) is 0 Å². The quantitative estimate of drug-likeness (QED) is 0.296. The van der Waals surface area contributed by atoms with Gasteiger partial charge in [-0.1, -0.05) is 12.7 Å². The molecule has 0 rings (SSSR count). The van der Waals surface area contributed by atoms with Crippen LogP contribution in [0, 0.1) is 0 Å². The fourth-order valence-corrected chi connectivity index (χ4v) is 0.619. The number of rotatable bonds is 6. The van der Waals surface area contributed by atoms with Gasteiger partial charge in [0, 0.05) is 12.1 Å². The molecule has 0 atom stereocenters. The van der Waals surface area contributed by atoms with Crippen molar-refractivity contribution in [1.82, 2.24) is 5.32 Å². The van der Waals surface area contributed by atoms with Crippen molar-refractivity contribution in [1.29, 1.82) is 0 Å². The van der Waals surface area contributed by atoms with Gasteiger partial charge in [-0.15, -0.1) is 6.58 Å². The molecule has 0 bridgehead atoms. The van der Waals surface area contributed by atoms with Crippen molar-refractivity contribution < 1.29 is 14.3 Å². The fourth-order valence-electron chi connectivity index (χ4n) is 0.619. The molecule has 0 aliphatic rings. The average Bonchev–Trinajstić information content (AvgIpc) is 2.14. The van der Waals surface area contributed by atoms with Gasteiger partial charge in [-0.2, -0.15) is 0 Å². The first kappa shape index (κ1) is 12.4. The van der Waals surface area contributed by atoms with E-state index in [-0.39, 0.29) is 18.1 Å². The largest absolute Gasteiger partial charge is 0.452 e. The number of hydrogen-bond acceptors (Lipinski definition) is 3. The number of ether oxygens (including phenoxy) is 1. The van der Waals surface area contributed by atoms with E-state index in [1.165, 1.54) is 6.92 Å². The molecule has 0 radical (unpaired) electrons. The molecule has 0 spiro atoms. The first-order valence-electron chi connectivity index (χ1n) is 4.28. The molecule has 4 nitrogen and oxygen atoms in total. The van der Waals surface area contributed by atoms with Crippen LogP contribution in [-0.4, -0.2) is 25.0 Å². The second-order valence-corrected chi connectivity index (χ2v) is 2.78. The molecule has 0 aromatic carbocycles. The van der Waals surface area contributed by atoms with Gasteiger partial charge in [0.25, 0.3) is 5.91 Å². The minimum atomic E-state index is -0.552. The lowest BCUT2D eigenvalue weighted by atomic mass is 10.4. The molecule has 1 N–H and O–H groups in total. The minimum Gasteiger partial charge on any atom is -0.452 e. The van der Waals surface area contributed by atoms with Crippen LogP contribution in [0.15, 0.2) is 24.8 Å². The molecule has 14 heavy (non-hydrogen) atoms. The van der Waals surface area contributed by atoms with E-state index in [9.17, 15) is 9.59 Å². The minimum absolute atomic E-state index is 0.261. The van der Waals surface area contributed by atoms with Crippen LogP contribution >= 0.6 is 0 Å². The highest BCUT2D eigenvalue weighted by Crippen LogP contribution is 1.91. The number of carbonyl (C=O) groups excluding carboxylic acids is 2. The summed E-state index contributed by atoms with van der Waals surface area (Å²) in [5.41, 5.74) is 0.281. The number of hydrogen-bond donors (Lipinski definition) is 1. The molecule has 4 heteroatoms. The Kier molecular flexibility index (Phi) is 6.11. The summed E-state index contributed by atoms with van der Waals surface area (Å²) < 4.78 is 4.62. The lowest BCUT2D eigenvalue weighted by Gasteiger charge is -2.04. The van der Waals surface area contributed by atoms with Gasteiger partial charge in [-0.05, 0) is 13.3 Å². The van der Waals surface area contributed by atoms with Crippen molar-refractivity contribution in [3.05, 3.63) is 24.8 Å². The third kappa shape index (κ3) is 5.99. The van der Waals surface area contributed by atoms with Crippen LogP contribution in [-0.2, 0) is 14.3 Å². The van der Waals surface area contributed by atoms with Gasteiger partial charge in [0.15, 0.2) is 6.61 Å². The highest BCUT2D eigenvalue weighted by atomic mass is 16.5. The smallest absolute Gasteiger partial charge is 0.333 e. The summed E-state index contributed by atoms with van der Waals surface area (Å²) in [4.78, 5) is 21.9. The van der Waals surface area contributed by atoms with Crippen molar-refractivity contribution in [3.63, 3.8) is 0 Å². The molecule has 0 aliphatic heterocycles. The Morgan fingerprint density at radius 1 is 1.50 bits per heavy atom. The van der Waals surface area contributed by atoms with Crippen LogP contribution < -0.4 is 5.32 Å². The van der Waals surface area contributed by atoms with Crippen LogP contribution in [0.25, 0.3) is 0 Å². The van der Waals surface area contributed by atoms with Crippen LogP contribution in [0.4, 0.5) is 0 Å². The Bertz CT molecular complexity index is 246. The van der Waals surface area contributed by atoms with Crippen molar-refractivity contribution in [3.8, 4) is 0 Å². The summed E-state index contributed by atoms with van der Waals surface area (Å²) in [6, 6.07) is 0.